The summed E-state index contributed by atoms with van der Waals surface area (Å²) in [5.41, 5.74) is 3.58. The Balaban J connectivity index is 1.38. The van der Waals surface area contributed by atoms with E-state index in [0.29, 0.717) is 13.0 Å². The Labute approximate surface area is 142 Å². The predicted octanol–water partition coefficient (Wildman–Crippen LogP) is 2.79. The minimum atomic E-state index is -0.566. The van der Waals surface area contributed by atoms with Crippen molar-refractivity contribution in [2.45, 2.75) is 31.8 Å². The third-order valence-electron chi connectivity index (χ3n) is 4.36. The second-order valence-electron chi connectivity index (χ2n) is 6.14. The molecule has 2 aromatic carbocycles. The largest absolute Gasteiger partial charge is 0.484 e. The molecule has 0 heterocycles. The van der Waals surface area contributed by atoms with Crippen molar-refractivity contribution in [3.8, 4) is 5.75 Å². The predicted molar refractivity (Wildman–Crippen MR) is 93.0 cm³/mol. The third kappa shape index (κ3) is 4.36. The zero-order chi connectivity index (χ0) is 16.8. The molecule has 0 saturated heterocycles. The van der Waals surface area contributed by atoms with Crippen molar-refractivity contribution in [1.29, 1.82) is 0 Å². The number of benzene rings is 2. The molecule has 0 saturated carbocycles. The van der Waals surface area contributed by atoms with E-state index in [1.807, 2.05) is 42.5 Å². The molecular formula is C20H23NO3. The lowest BCUT2D eigenvalue weighted by molar-refractivity contribution is -0.123. The number of amides is 1. The Hall–Kier alpha value is -2.33. The number of fused-ring (bicyclic) bond motifs is 1. The van der Waals surface area contributed by atoms with E-state index >= 15 is 0 Å². The molecule has 0 radical (unpaired) electrons. The Bertz CT molecular complexity index is 685. The molecule has 0 spiro atoms. The lowest BCUT2D eigenvalue weighted by atomic mass is 10.1. The number of nitrogens with one attached hydrogen (secondary N) is 1. The Kier molecular flexibility index (Phi) is 5.49. The molecule has 126 valence electrons. The van der Waals surface area contributed by atoms with Crippen LogP contribution >= 0.6 is 0 Å². The number of aliphatic hydroxyl groups excluding tert-OH is 1. The van der Waals surface area contributed by atoms with Gasteiger partial charge in [-0.1, -0.05) is 36.4 Å². The summed E-state index contributed by atoms with van der Waals surface area (Å²) < 4.78 is 5.56. The molecule has 4 nitrogen and oxygen atoms in total. The number of hydrogen-bond donors (Lipinski definition) is 2. The molecular weight excluding hydrogens is 302 g/mol. The highest BCUT2D eigenvalue weighted by atomic mass is 16.5. The van der Waals surface area contributed by atoms with Crippen molar-refractivity contribution in [2.75, 3.05) is 13.2 Å². The number of aryl methyl sites for hydroxylation is 2. The summed E-state index contributed by atoms with van der Waals surface area (Å²) in [5, 5.41) is 12.8. The standard InChI is InChI=1S/C20H23NO3/c22-19(16-5-2-1-3-6-16)11-12-21-20(23)14-24-18-10-9-15-7-4-8-17(15)13-18/h1-3,5-6,9-10,13,19,22H,4,7-8,11-12,14H2,(H,21,23). The molecule has 1 aliphatic rings. The normalized spacial score (nSPS) is 14.0. The van der Waals surface area contributed by atoms with Crippen LogP contribution in [0.15, 0.2) is 48.5 Å². The van der Waals surface area contributed by atoms with Gasteiger partial charge in [-0.3, -0.25) is 4.79 Å². The maximum absolute atomic E-state index is 11.9. The molecule has 0 aliphatic heterocycles. The number of carbonyl (C=O) groups is 1. The van der Waals surface area contributed by atoms with E-state index in [1.165, 1.54) is 17.5 Å². The highest BCUT2D eigenvalue weighted by molar-refractivity contribution is 5.77. The van der Waals surface area contributed by atoms with Crippen molar-refractivity contribution in [1.82, 2.24) is 5.32 Å². The topological polar surface area (TPSA) is 58.6 Å². The summed E-state index contributed by atoms with van der Waals surface area (Å²) in [6.45, 7) is 0.419. The van der Waals surface area contributed by atoms with Gasteiger partial charge >= 0.3 is 0 Å². The molecule has 2 aromatic rings. The van der Waals surface area contributed by atoms with Crippen molar-refractivity contribution in [2.24, 2.45) is 0 Å². The van der Waals surface area contributed by atoms with E-state index in [0.717, 1.165) is 24.2 Å². The molecule has 0 bridgehead atoms. The van der Waals surface area contributed by atoms with E-state index in [2.05, 4.69) is 11.4 Å². The fraction of sp³-hybridized carbons (Fsp3) is 0.350. The quantitative estimate of drug-likeness (QED) is 0.823. The van der Waals surface area contributed by atoms with Gasteiger partial charge in [0.25, 0.3) is 5.91 Å². The van der Waals surface area contributed by atoms with Gasteiger partial charge in [0.15, 0.2) is 6.61 Å². The zero-order valence-corrected chi connectivity index (χ0v) is 13.7. The van der Waals surface area contributed by atoms with Crippen molar-refractivity contribution in [3.05, 3.63) is 65.2 Å². The molecule has 4 heteroatoms. The summed E-state index contributed by atoms with van der Waals surface area (Å²) in [6.07, 6.45) is 3.34. The number of rotatable bonds is 7. The minimum Gasteiger partial charge on any atom is -0.484 e. The van der Waals surface area contributed by atoms with E-state index < -0.39 is 6.10 Å². The first-order valence-corrected chi connectivity index (χ1v) is 8.46. The van der Waals surface area contributed by atoms with Crippen LogP contribution in [0.25, 0.3) is 0 Å². The Morgan fingerprint density at radius 2 is 1.92 bits per heavy atom. The monoisotopic (exact) mass is 325 g/mol. The minimum absolute atomic E-state index is 0.000217. The van der Waals surface area contributed by atoms with Gasteiger partial charge in [0, 0.05) is 6.54 Å². The second-order valence-corrected chi connectivity index (χ2v) is 6.14. The summed E-state index contributed by atoms with van der Waals surface area (Å²) in [5.74, 6) is 0.575. The van der Waals surface area contributed by atoms with Crippen LogP contribution in [0.4, 0.5) is 0 Å². The highest BCUT2D eigenvalue weighted by Crippen LogP contribution is 2.25. The second kappa shape index (κ2) is 7.97. The van der Waals surface area contributed by atoms with Gasteiger partial charge in [0.1, 0.15) is 5.75 Å². The smallest absolute Gasteiger partial charge is 0.257 e. The number of carbonyl (C=O) groups excluding carboxylic acids is 1. The van der Waals surface area contributed by atoms with Gasteiger partial charge < -0.3 is 15.2 Å². The molecule has 24 heavy (non-hydrogen) atoms. The first-order chi connectivity index (χ1) is 11.7. The van der Waals surface area contributed by atoms with E-state index in [4.69, 9.17) is 4.74 Å². The van der Waals surface area contributed by atoms with Crippen LogP contribution in [0.3, 0.4) is 0 Å². The molecule has 1 aliphatic carbocycles. The first kappa shape index (κ1) is 16.5. The lowest BCUT2D eigenvalue weighted by Gasteiger charge is -2.12. The summed E-state index contributed by atoms with van der Waals surface area (Å²) in [4.78, 5) is 11.9. The average Bonchev–Trinajstić information content (AvgIpc) is 3.08. The molecule has 0 fully saturated rings. The van der Waals surface area contributed by atoms with E-state index in [9.17, 15) is 9.90 Å². The average molecular weight is 325 g/mol. The van der Waals surface area contributed by atoms with Crippen LogP contribution in [0, 0.1) is 0 Å². The SMILES string of the molecule is O=C(COc1ccc2c(c1)CCC2)NCCC(O)c1ccccc1. The third-order valence-corrected chi connectivity index (χ3v) is 4.36. The van der Waals surface area contributed by atoms with E-state index in [-0.39, 0.29) is 12.5 Å². The van der Waals surface area contributed by atoms with E-state index in [1.54, 1.807) is 0 Å². The summed E-state index contributed by atoms with van der Waals surface area (Å²) >= 11 is 0. The van der Waals surface area contributed by atoms with Gasteiger partial charge in [0.2, 0.25) is 0 Å². The molecule has 3 rings (SSSR count). The summed E-state index contributed by atoms with van der Waals surface area (Å²) in [7, 11) is 0. The molecule has 2 N–H and O–H groups in total. The van der Waals surface area contributed by atoms with Crippen LogP contribution in [0.1, 0.15) is 35.6 Å². The zero-order valence-electron chi connectivity index (χ0n) is 13.7. The maximum atomic E-state index is 11.9. The molecule has 1 amide bonds. The Morgan fingerprint density at radius 3 is 2.75 bits per heavy atom. The van der Waals surface area contributed by atoms with Gasteiger partial charge in [-0.05, 0) is 54.5 Å². The van der Waals surface area contributed by atoms with Crippen LogP contribution < -0.4 is 10.1 Å². The number of aliphatic hydroxyl groups is 1. The summed E-state index contributed by atoms with van der Waals surface area (Å²) in [6, 6.07) is 15.5. The fourth-order valence-electron chi connectivity index (χ4n) is 3.03. The first-order valence-electron chi connectivity index (χ1n) is 8.46. The highest BCUT2D eigenvalue weighted by Gasteiger charge is 2.12. The van der Waals surface area contributed by atoms with Crippen molar-refractivity contribution < 1.29 is 14.6 Å². The molecule has 1 atom stereocenters. The fourth-order valence-corrected chi connectivity index (χ4v) is 3.03. The van der Waals surface area contributed by atoms with Crippen LogP contribution in [0.5, 0.6) is 5.75 Å². The lowest BCUT2D eigenvalue weighted by Crippen LogP contribution is -2.30. The number of ether oxygens (including phenoxy) is 1. The van der Waals surface area contributed by atoms with Crippen molar-refractivity contribution in [3.63, 3.8) is 0 Å². The van der Waals surface area contributed by atoms with Gasteiger partial charge in [-0.2, -0.15) is 0 Å². The van der Waals surface area contributed by atoms with Gasteiger partial charge in [-0.25, -0.2) is 0 Å². The maximum Gasteiger partial charge on any atom is 0.257 e. The van der Waals surface area contributed by atoms with Crippen molar-refractivity contribution >= 4 is 5.91 Å². The Morgan fingerprint density at radius 1 is 1.12 bits per heavy atom. The van der Waals surface area contributed by atoms with Gasteiger partial charge in [0.05, 0.1) is 6.10 Å². The molecule has 1 unspecified atom stereocenters. The van der Waals surface area contributed by atoms with Gasteiger partial charge in [-0.15, -0.1) is 0 Å². The van der Waals surface area contributed by atoms with Crippen LogP contribution in [-0.4, -0.2) is 24.2 Å². The number of hydrogen-bond acceptors (Lipinski definition) is 3. The van der Waals surface area contributed by atoms with Crippen LogP contribution in [-0.2, 0) is 17.6 Å². The molecule has 0 aromatic heterocycles. The van der Waals surface area contributed by atoms with Crippen LogP contribution in [0.2, 0.25) is 0 Å².